The Balaban J connectivity index is 1.88. The third-order valence-corrected chi connectivity index (χ3v) is 7.29. The maximum atomic E-state index is 10.9. The van der Waals surface area contributed by atoms with Gasteiger partial charge in [0.15, 0.2) is 0 Å². The third-order valence-electron chi connectivity index (χ3n) is 6.79. The van der Waals surface area contributed by atoms with E-state index in [1.54, 1.807) is 7.11 Å². The lowest BCUT2D eigenvalue weighted by Crippen LogP contribution is -2.37. The molecule has 7 atom stereocenters. The van der Waals surface area contributed by atoms with Crippen molar-refractivity contribution in [1.82, 2.24) is 0 Å². The van der Waals surface area contributed by atoms with Crippen LogP contribution >= 0.6 is 11.6 Å². The first-order chi connectivity index (χ1) is 13.7. The molecule has 1 heterocycles. The second-order valence-corrected chi connectivity index (χ2v) is 10.1. The zero-order valence-corrected chi connectivity index (χ0v) is 19.4. The van der Waals surface area contributed by atoms with Crippen LogP contribution in [-0.4, -0.2) is 47.1 Å². The van der Waals surface area contributed by atoms with Gasteiger partial charge >= 0.3 is 0 Å². The van der Waals surface area contributed by atoms with E-state index in [0.717, 1.165) is 50.7 Å². The first-order valence-electron chi connectivity index (χ1n) is 11.2. The predicted molar refractivity (Wildman–Crippen MR) is 119 cm³/mol. The van der Waals surface area contributed by atoms with E-state index in [0.29, 0.717) is 6.42 Å². The molecule has 1 saturated carbocycles. The van der Waals surface area contributed by atoms with Gasteiger partial charge in [0.25, 0.3) is 0 Å². The van der Waals surface area contributed by atoms with Crippen molar-refractivity contribution in [3.63, 3.8) is 0 Å². The molecule has 0 aromatic heterocycles. The summed E-state index contributed by atoms with van der Waals surface area (Å²) < 4.78 is 11.0. The number of allylic oxidation sites excluding steroid dienone is 3. The van der Waals surface area contributed by atoms with Crippen molar-refractivity contribution in [2.24, 2.45) is 17.3 Å². The average Bonchev–Trinajstić information content (AvgIpc) is 3.41. The molecule has 29 heavy (non-hydrogen) atoms. The van der Waals surface area contributed by atoms with Crippen LogP contribution in [0.1, 0.15) is 72.1 Å². The fourth-order valence-corrected chi connectivity index (χ4v) is 5.13. The van der Waals surface area contributed by atoms with Gasteiger partial charge in [-0.2, -0.15) is 0 Å². The molecule has 3 unspecified atom stereocenters. The molecule has 2 fully saturated rings. The summed E-state index contributed by atoms with van der Waals surface area (Å²) in [4.78, 5) is 0. The van der Waals surface area contributed by atoms with Gasteiger partial charge in [0.05, 0.1) is 31.2 Å². The fourth-order valence-electron chi connectivity index (χ4n) is 4.67. The Hall–Kier alpha value is -0.550. The molecule has 2 aliphatic rings. The molecule has 2 N–H and O–H groups in total. The van der Waals surface area contributed by atoms with Crippen molar-refractivity contribution in [1.29, 1.82) is 0 Å². The molecule has 1 aliphatic heterocycles. The molecule has 1 aliphatic carbocycles. The Kier molecular flexibility index (Phi) is 9.53. The van der Waals surface area contributed by atoms with Crippen LogP contribution in [0.3, 0.4) is 0 Å². The zero-order valence-electron chi connectivity index (χ0n) is 18.6. The summed E-state index contributed by atoms with van der Waals surface area (Å²) in [7, 11) is 1.65. The van der Waals surface area contributed by atoms with Crippen LogP contribution in [-0.2, 0) is 9.47 Å². The highest BCUT2D eigenvalue weighted by molar-refractivity contribution is 6.21. The van der Waals surface area contributed by atoms with Gasteiger partial charge < -0.3 is 19.7 Å². The molecular weight excluding hydrogens is 388 g/mol. The molecule has 0 bridgehead atoms. The minimum absolute atomic E-state index is 0.00274. The Morgan fingerprint density at radius 1 is 1.34 bits per heavy atom. The van der Waals surface area contributed by atoms with Gasteiger partial charge in [-0.25, -0.2) is 0 Å². The summed E-state index contributed by atoms with van der Waals surface area (Å²) in [5, 5.41) is 21.4. The minimum atomic E-state index is -0.509. The Bertz CT molecular complexity index is 547. The van der Waals surface area contributed by atoms with E-state index in [2.05, 4.69) is 39.5 Å². The maximum Gasteiger partial charge on any atom is 0.111 e. The number of alkyl halides is 1. The van der Waals surface area contributed by atoms with Crippen molar-refractivity contribution < 1.29 is 19.7 Å². The van der Waals surface area contributed by atoms with Crippen molar-refractivity contribution in [3.8, 4) is 0 Å². The van der Waals surface area contributed by atoms with Gasteiger partial charge in [-0.15, -0.1) is 11.6 Å². The highest BCUT2D eigenvalue weighted by Gasteiger charge is 2.59. The van der Waals surface area contributed by atoms with Gasteiger partial charge in [0, 0.05) is 17.7 Å². The standard InChI is InChI=1S/C24H41ClO4/c1-6-7-14-24(3,4)23(27)22-21(29-22)20-17(18(25)15-19(20)26)13-11-9-8-10-12-16(2)28-5/h9,11,17-23,26-27H,2,6-8,10,12-15H2,1,3-5H3/b11-9-/t17-,18+,19+,20+,21?,22?,23?/m0/s1. The number of hydrogen-bond acceptors (Lipinski definition) is 4. The largest absolute Gasteiger partial charge is 0.502 e. The van der Waals surface area contributed by atoms with E-state index in [-0.39, 0.29) is 34.8 Å². The van der Waals surface area contributed by atoms with Gasteiger partial charge in [0.2, 0.25) is 0 Å². The molecule has 0 aromatic rings. The molecule has 0 aromatic carbocycles. The fraction of sp³-hybridized carbons (Fsp3) is 0.833. The third kappa shape index (κ3) is 6.72. The summed E-state index contributed by atoms with van der Waals surface area (Å²) in [6, 6.07) is 0. The van der Waals surface area contributed by atoms with E-state index in [4.69, 9.17) is 21.1 Å². The maximum absolute atomic E-state index is 10.9. The number of aliphatic hydroxyl groups excluding tert-OH is 2. The zero-order chi connectivity index (χ0) is 21.6. The quantitative estimate of drug-likeness (QED) is 0.139. The van der Waals surface area contributed by atoms with Crippen LogP contribution in [0.2, 0.25) is 0 Å². The molecule has 0 amide bonds. The van der Waals surface area contributed by atoms with Gasteiger partial charge in [-0.3, -0.25) is 0 Å². The van der Waals surface area contributed by atoms with Gasteiger partial charge in [-0.05, 0) is 43.4 Å². The number of epoxide rings is 1. The van der Waals surface area contributed by atoms with Crippen molar-refractivity contribution in [2.75, 3.05) is 7.11 Å². The number of halogens is 1. The first kappa shape index (κ1) is 24.7. The van der Waals surface area contributed by atoms with E-state index < -0.39 is 12.2 Å². The second kappa shape index (κ2) is 11.2. The van der Waals surface area contributed by atoms with Crippen LogP contribution in [0.25, 0.3) is 0 Å². The number of rotatable bonds is 13. The minimum Gasteiger partial charge on any atom is -0.502 e. The molecule has 4 nitrogen and oxygen atoms in total. The van der Waals surface area contributed by atoms with E-state index in [9.17, 15) is 10.2 Å². The number of aliphatic hydroxyl groups is 2. The molecular formula is C24H41ClO4. The summed E-state index contributed by atoms with van der Waals surface area (Å²) in [6.45, 7) is 10.2. The van der Waals surface area contributed by atoms with Crippen LogP contribution in [0.15, 0.2) is 24.5 Å². The molecule has 0 spiro atoms. The monoisotopic (exact) mass is 428 g/mol. The lowest BCUT2D eigenvalue weighted by molar-refractivity contribution is 0.0197. The summed E-state index contributed by atoms with van der Waals surface area (Å²) >= 11 is 6.59. The van der Waals surface area contributed by atoms with E-state index in [1.807, 2.05) is 0 Å². The van der Waals surface area contributed by atoms with Crippen LogP contribution in [0, 0.1) is 17.3 Å². The Morgan fingerprint density at radius 2 is 2.07 bits per heavy atom. The molecule has 1 saturated heterocycles. The molecule has 168 valence electrons. The van der Waals surface area contributed by atoms with Crippen LogP contribution < -0.4 is 0 Å². The van der Waals surface area contributed by atoms with Gasteiger partial charge in [0.1, 0.15) is 6.10 Å². The normalized spacial score (nSPS) is 33.2. The predicted octanol–water partition coefficient (Wildman–Crippen LogP) is 5.21. The number of ether oxygens (including phenoxy) is 2. The van der Waals surface area contributed by atoms with Gasteiger partial charge in [-0.1, -0.05) is 52.3 Å². The number of unbranched alkanes of at least 4 members (excludes halogenated alkanes) is 2. The van der Waals surface area contributed by atoms with Crippen molar-refractivity contribution in [3.05, 3.63) is 24.5 Å². The topological polar surface area (TPSA) is 62.2 Å². The average molecular weight is 429 g/mol. The number of methoxy groups -OCH3 is 1. The van der Waals surface area contributed by atoms with Crippen LogP contribution in [0.5, 0.6) is 0 Å². The van der Waals surface area contributed by atoms with Crippen LogP contribution in [0.4, 0.5) is 0 Å². The molecule has 2 rings (SSSR count). The molecule has 5 heteroatoms. The summed E-state index contributed by atoms with van der Waals surface area (Å²) in [5.74, 6) is 0.991. The Morgan fingerprint density at radius 3 is 2.72 bits per heavy atom. The first-order valence-corrected chi connectivity index (χ1v) is 11.7. The van der Waals surface area contributed by atoms with E-state index in [1.165, 1.54) is 0 Å². The highest BCUT2D eigenvalue weighted by Crippen LogP contribution is 2.50. The van der Waals surface area contributed by atoms with Crippen molar-refractivity contribution >= 4 is 11.6 Å². The van der Waals surface area contributed by atoms with E-state index >= 15 is 0 Å². The summed E-state index contributed by atoms with van der Waals surface area (Å²) in [6.07, 6.45) is 10.6. The second-order valence-electron chi connectivity index (χ2n) is 9.50. The smallest absolute Gasteiger partial charge is 0.111 e. The number of hydrogen-bond donors (Lipinski definition) is 2. The van der Waals surface area contributed by atoms with Crippen molar-refractivity contribution in [2.45, 2.75) is 102 Å². The highest BCUT2D eigenvalue weighted by atomic mass is 35.5. The summed E-state index contributed by atoms with van der Waals surface area (Å²) in [5.41, 5.74) is -0.180. The lowest BCUT2D eigenvalue weighted by atomic mass is 9.77. The molecule has 0 radical (unpaired) electrons. The lowest BCUT2D eigenvalue weighted by Gasteiger charge is -2.30. The Labute approximate surface area is 182 Å². The SMILES string of the molecule is C=C(CCC/C=C\C[C@@H]1[C@@H](C2OC2C(O)C(C)(C)CCCC)[C@H](O)C[C@H]1Cl)OC.